The molecule has 0 atom stereocenters. The van der Waals surface area contributed by atoms with E-state index in [1.165, 1.54) is 19.1 Å². The van der Waals surface area contributed by atoms with Crippen molar-refractivity contribution >= 4 is 21.8 Å². The number of carbonyl (C=O) groups excluding carboxylic acids is 2. The van der Waals surface area contributed by atoms with Gasteiger partial charge in [-0.2, -0.15) is 0 Å². The van der Waals surface area contributed by atoms with Gasteiger partial charge in [-0.3, -0.25) is 4.79 Å². The highest BCUT2D eigenvalue weighted by Gasteiger charge is 2.20. The Balaban J connectivity index is 2.41. The first kappa shape index (κ1) is 16.9. The Morgan fingerprint density at radius 1 is 1.10 bits per heavy atom. The first-order valence-electron chi connectivity index (χ1n) is 6.09. The van der Waals surface area contributed by atoms with Gasteiger partial charge < -0.3 is 9.47 Å². The molecular formula is C14H16O6S. The summed E-state index contributed by atoms with van der Waals surface area (Å²) in [4.78, 5) is 22.5. The summed E-state index contributed by atoms with van der Waals surface area (Å²) >= 11 is 0. The lowest BCUT2D eigenvalue weighted by Crippen LogP contribution is -2.21. The second kappa shape index (κ2) is 7.58. The van der Waals surface area contributed by atoms with E-state index in [0.717, 1.165) is 0 Å². The van der Waals surface area contributed by atoms with Gasteiger partial charge in [-0.15, -0.1) is 0 Å². The van der Waals surface area contributed by atoms with Crippen molar-refractivity contribution in [1.29, 1.82) is 0 Å². The van der Waals surface area contributed by atoms with E-state index in [1.54, 1.807) is 18.2 Å². The fourth-order valence-electron chi connectivity index (χ4n) is 1.32. The predicted octanol–water partition coefficient (Wildman–Crippen LogP) is 1.12. The van der Waals surface area contributed by atoms with Crippen LogP contribution in [-0.2, 0) is 28.9 Å². The molecule has 0 heterocycles. The summed E-state index contributed by atoms with van der Waals surface area (Å²) in [5.41, 5.74) is 0.230. The normalized spacial score (nSPS) is 10.7. The van der Waals surface area contributed by atoms with Crippen LogP contribution in [0.5, 0.6) is 0 Å². The summed E-state index contributed by atoms with van der Waals surface area (Å²) in [6, 6.07) is 7.60. The number of rotatable bonds is 7. The average molecular weight is 312 g/mol. The van der Waals surface area contributed by atoms with Crippen molar-refractivity contribution in [2.45, 2.75) is 11.8 Å². The van der Waals surface area contributed by atoms with Crippen LogP contribution in [0.1, 0.15) is 6.92 Å². The van der Waals surface area contributed by atoms with Crippen LogP contribution in [0.25, 0.3) is 0 Å². The van der Waals surface area contributed by atoms with Gasteiger partial charge >= 0.3 is 11.9 Å². The third-order valence-corrected chi connectivity index (χ3v) is 3.94. The molecule has 1 aromatic rings. The molecule has 21 heavy (non-hydrogen) atoms. The first-order valence-corrected chi connectivity index (χ1v) is 7.74. The number of benzene rings is 1. The fraction of sp³-hybridized carbons (Fsp3) is 0.286. The topological polar surface area (TPSA) is 86.7 Å². The molecule has 114 valence electrons. The number of esters is 2. The van der Waals surface area contributed by atoms with Crippen molar-refractivity contribution in [3.8, 4) is 0 Å². The molecule has 1 aromatic carbocycles. The van der Waals surface area contributed by atoms with Gasteiger partial charge in [0.25, 0.3) is 0 Å². The summed E-state index contributed by atoms with van der Waals surface area (Å²) in [5.74, 6) is -2.25. The predicted molar refractivity (Wildman–Crippen MR) is 75.2 cm³/mol. The van der Waals surface area contributed by atoms with Crippen LogP contribution in [0, 0.1) is 0 Å². The Morgan fingerprint density at radius 2 is 1.67 bits per heavy atom. The number of sulfone groups is 1. The Labute approximate surface area is 123 Å². The molecule has 0 fully saturated rings. The molecule has 0 bridgehead atoms. The second-order valence-electron chi connectivity index (χ2n) is 4.21. The maximum Gasteiger partial charge on any atom is 0.333 e. The summed E-state index contributed by atoms with van der Waals surface area (Å²) in [7, 11) is -3.72. The van der Waals surface area contributed by atoms with Gasteiger partial charge in [0.2, 0.25) is 0 Å². The molecule has 0 saturated heterocycles. The molecule has 0 saturated carbocycles. The minimum absolute atomic E-state index is 0.0515. The van der Waals surface area contributed by atoms with Crippen molar-refractivity contribution in [3.05, 3.63) is 42.5 Å². The molecule has 6 nitrogen and oxygen atoms in total. The standard InChI is InChI=1S/C14H16O6S/c1-11(2)14(16)20-9-8-19-13(15)10-21(17,18)12-6-4-3-5-7-12/h3-7H,1,8-10H2,2H3. The Hall–Kier alpha value is -2.15. The van der Waals surface area contributed by atoms with Gasteiger partial charge in [0.05, 0.1) is 4.90 Å². The highest BCUT2D eigenvalue weighted by Crippen LogP contribution is 2.10. The third kappa shape index (κ3) is 5.78. The van der Waals surface area contributed by atoms with E-state index < -0.39 is 27.5 Å². The molecule has 0 unspecified atom stereocenters. The zero-order chi connectivity index (χ0) is 15.9. The van der Waals surface area contributed by atoms with Gasteiger partial charge in [-0.25, -0.2) is 13.2 Å². The zero-order valence-electron chi connectivity index (χ0n) is 11.6. The van der Waals surface area contributed by atoms with E-state index in [4.69, 9.17) is 9.47 Å². The monoisotopic (exact) mass is 312 g/mol. The summed E-state index contributed by atoms with van der Waals surface area (Å²) in [6.07, 6.45) is 0. The van der Waals surface area contributed by atoms with E-state index in [-0.39, 0.29) is 23.7 Å². The maximum absolute atomic E-state index is 11.9. The first-order chi connectivity index (χ1) is 9.83. The SMILES string of the molecule is C=C(C)C(=O)OCCOC(=O)CS(=O)(=O)c1ccccc1. The second-order valence-corrected chi connectivity index (χ2v) is 6.20. The zero-order valence-corrected chi connectivity index (χ0v) is 12.4. The van der Waals surface area contributed by atoms with Gasteiger partial charge in [-0.05, 0) is 19.1 Å². The molecule has 0 amide bonds. The number of hydrogen-bond acceptors (Lipinski definition) is 6. The van der Waals surface area contributed by atoms with Crippen molar-refractivity contribution < 1.29 is 27.5 Å². The molecule has 0 spiro atoms. The number of carbonyl (C=O) groups is 2. The van der Waals surface area contributed by atoms with Crippen LogP contribution in [0.4, 0.5) is 0 Å². The minimum atomic E-state index is -3.72. The van der Waals surface area contributed by atoms with Gasteiger partial charge in [0, 0.05) is 5.57 Å². The Bertz CT molecular complexity index is 618. The maximum atomic E-state index is 11.9. The number of ether oxygens (including phenoxy) is 2. The van der Waals surface area contributed by atoms with Crippen molar-refractivity contribution in [1.82, 2.24) is 0 Å². The number of hydrogen-bond donors (Lipinski definition) is 0. The minimum Gasteiger partial charge on any atom is -0.461 e. The fourth-order valence-corrected chi connectivity index (χ4v) is 2.45. The van der Waals surface area contributed by atoms with Crippen LogP contribution in [-0.4, -0.2) is 39.3 Å². The highest BCUT2D eigenvalue weighted by molar-refractivity contribution is 7.92. The van der Waals surface area contributed by atoms with E-state index in [1.807, 2.05) is 0 Å². The summed E-state index contributed by atoms with van der Waals surface area (Å²) in [5, 5.41) is 0. The highest BCUT2D eigenvalue weighted by atomic mass is 32.2. The quantitative estimate of drug-likeness (QED) is 0.426. The van der Waals surface area contributed by atoms with Crippen molar-refractivity contribution in [3.63, 3.8) is 0 Å². The summed E-state index contributed by atoms with van der Waals surface area (Å²) < 4.78 is 33.2. The lowest BCUT2D eigenvalue weighted by atomic mass is 10.4. The molecule has 0 aliphatic heterocycles. The van der Waals surface area contributed by atoms with Crippen LogP contribution >= 0.6 is 0 Å². The molecule has 0 N–H and O–H groups in total. The van der Waals surface area contributed by atoms with E-state index in [2.05, 4.69) is 6.58 Å². The molecule has 0 aromatic heterocycles. The van der Waals surface area contributed by atoms with E-state index in [0.29, 0.717) is 0 Å². The van der Waals surface area contributed by atoms with Crippen molar-refractivity contribution in [2.24, 2.45) is 0 Å². The van der Waals surface area contributed by atoms with Gasteiger partial charge in [0.15, 0.2) is 15.6 Å². The lowest BCUT2D eigenvalue weighted by molar-refractivity contribution is -0.148. The molecule has 0 aliphatic rings. The van der Waals surface area contributed by atoms with Crippen LogP contribution in [0.2, 0.25) is 0 Å². The smallest absolute Gasteiger partial charge is 0.333 e. The van der Waals surface area contributed by atoms with Crippen LogP contribution in [0.3, 0.4) is 0 Å². The molecule has 0 aliphatic carbocycles. The molecule has 1 rings (SSSR count). The van der Waals surface area contributed by atoms with Gasteiger partial charge in [-0.1, -0.05) is 24.8 Å². The van der Waals surface area contributed by atoms with Crippen LogP contribution < -0.4 is 0 Å². The Kier molecular flexibility index (Phi) is 6.10. The van der Waals surface area contributed by atoms with Crippen LogP contribution in [0.15, 0.2) is 47.4 Å². The van der Waals surface area contributed by atoms with Gasteiger partial charge in [0.1, 0.15) is 13.2 Å². The average Bonchev–Trinajstić information content (AvgIpc) is 2.43. The third-order valence-electron chi connectivity index (χ3n) is 2.34. The summed E-state index contributed by atoms with van der Waals surface area (Å²) in [6.45, 7) is 4.52. The molecule has 7 heteroatoms. The molecule has 0 radical (unpaired) electrons. The Morgan fingerprint density at radius 3 is 2.24 bits per heavy atom. The lowest BCUT2D eigenvalue weighted by Gasteiger charge is -2.07. The largest absolute Gasteiger partial charge is 0.461 e. The van der Waals surface area contributed by atoms with Crippen molar-refractivity contribution in [2.75, 3.05) is 19.0 Å². The van der Waals surface area contributed by atoms with E-state index >= 15 is 0 Å². The molecular weight excluding hydrogens is 296 g/mol. The van der Waals surface area contributed by atoms with E-state index in [9.17, 15) is 18.0 Å².